The topological polar surface area (TPSA) is 76.3 Å². The lowest BCUT2D eigenvalue weighted by molar-refractivity contribution is 0.597. The summed E-state index contributed by atoms with van der Waals surface area (Å²) < 4.78 is 22.6. The van der Waals surface area contributed by atoms with E-state index in [4.69, 9.17) is 5.14 Å². The van der Waals surface area contributed by atoms with Gasteiger partial charge >= 0.3 is 0 Å². The number of sulfonamides is 1. The van der Waals surface area contributed by atoms with E-state index in [9.17, 15) is 8.42 Å². The largest absolute Gasteiger partial charge is 0.371 e. The second-order valence-electron chi connectivity index (χ2n) is 3.06. The lowest BCUT2D eigenvalue weighted by Crippen LogP contribution is -2.25. The molecule has 1 rings (SSSR count). The van der Waals surface area contributed by atoms with Gasteiger partial charge < -0.3 is 4.90 Å². The van der Waals surface area contributed by atoms with E-state index in [1.165, 1.54) is 6.20 Å². The van der Waals surface area contributed by atoms with Gasteiger partial charge in [-0.25, -0.2) is 13.6 Å². The Morgan fingerprint density at radius 2 is 2.00 bits per heavy atom. The molecule has 0 aliphatic rings. The fourth-order valence-electron chi connectivity index (χ4n) is 1.42. The van der Waals surface area contributed by atoms with E-state index in [-0.39, 0.29) is 4.90 Å². The zero-order valence-corrected chi connectivity index (χ0v) is 9.66. The van der Waals surface area contributed by atoms with Gasteiger partial charge in [0.1, 0.15) is 4.90 Å². The Hall–Kier alpha value is -1.14. The summed E-state index contributed by atoms with van der Waals surface area (Å²) in [6.07, 6.45) is 2.84. The van der Waals surface area contributed by atoms with Crippen molar-refractivity contribution in [3.63, 3.8) is 0 Å². The summed E-state index contributed by atoms with van der Waals surface area (Å²) in [6.45, 7) is 5.36. The van der Waals surface area contributed by atoms with Crippen molar-refractivity contribution in [2.45, 2.75) is 18.7 Å². The monoisotopic (exact) mass is 229 g/mol. The SMILES string of the molecule is CCN(CC)c1ccncc1S(N)(=O)=O. The normalized spacial score (nSPS) is 11.4. The number of nitrogens with zero attached hydrogens (tertiary/aromatic N) is 2. The van der Waals surface area contributed by atoms with Crippen molar-refractivity contribution in [1.29, 1.82) is 0 Å². The summed E-state index contributed by atoms with van der Waals surface area (Å²) in [7, 11) is -3.70. The summed E-state index contributed by atoms with van der Waals surface area (Å²) in [6, 6.07) is 1.66. The first-order chi connectivity index (χ1) is 7.00. The number of nitrogens with two attached hydrogens (primary N) is 1. The standard InChI is InChI=1S/C9H15N3O2S/c1-3-12(4-2)8-5-6-11-7-9(8)15(10,13)14/h5-7H,3-4H2,1-2H3,(H2,10,13,14). The molecule has 0 bridgehead atoms. The summed E-state index contributed by atoms with van der Waals surface area (Å²) in [5.74, 6) is 0. The highest BCUT2D eigenvalue weighted by Crippen LogP contribution is 2.22. The molecule has 0 aliphatic heterocycles. The minimum absolute atomic E-state index is 0.0775. The molecule has 0 atom stereocenters. The maximum Gasteiger partial charge on any atom is 0.241 e. The molecule has 6 heteroatoms. The van der Waals surface area contributed by atoms with Gasteiger partial charge in [-0.3, -0.25) is 4.98 Å². The minimum Gasteiger partial charge on any atom is -0.371 e. The number of aromatic nitrogens is 1. The number of rotatable bonds is 4. The molecular formula is C9H15N3O2S. The average molecular weight is 229 g/mol. The van der Waals surface area contributed by atoms with Gasteiger partial charge in [0.2, 0.25) is 10.0 Å². The predicted molar refractivity (Wildman–Crippen MR) is 59.2 cm³/mol. The van der Waals surface area contributed by atoms with E-state index in [1.807, 2.05) is 18.7 Å². The Kier molecular flexibility index (Phi) is 3.65. The first-order valence-electron chi connectivity index (χ1n) is 4.72. The van der Waals surface area contributed by atoms with Gasteiger partial charge in [-0.05, 0) is 19.9 Å². The van der Waals surface area contributed by atoms with Crippen molar-refractivity contribution >= 4 is 15.7 Å². The molecule has 1 aromatic rings. The Bertz CT molecular complexity index is 427. The van der Waals surface area contributed by atoms with Gasteiger partial charge in [0, 0.05) is 25.5 Å². The second kappa shape index (κ2) is 4.59. The van der Waals surface area contributed by atoms with Crippen molar-refractivity contribution in [3.8, 4) is 0 Å². The van der Waals surface area contributed by atoms with Crippen LogP contribution in [0.5, 0.6) is 0 Å². The van der Waals surface area contributed by atoms with Crippen LogP contribution in [0, 0.1) is 0 Å². The molecule has 1 aromatic heterocycles. The molecule has 0 spiro atoms. The summed E-state index contributed by atoms with van der Waals surface area (Å²) >= 11 is 0. The maximum atomic E-state index is 11.3. The van der Waals surface area contributed by atoms with Crippen molar-refractivity contribution in [3.05, 3.63) is 18.5 Å². The van der Waals surface area contributed by atoms with Gasteiger partial charge in [-0.1, -0.05) is 0 Å². The Balaban J connectivity index is 3.29. The third-order valence-corrected chi connectivity index (χ3v) is 3.10. The van der Waals surface area contributed by atoms with Crippen LogP contribution in [-0.4, -0.2) is 26.5 Å². The molecule has 2 N–H and O–H groups in total. The highest BCUT2D eigenvalue weighted by atomic mass is 32.2. The maximum absolute atomic E-state index is 11.3. The number of hydrogen-bond acceptors (Lipinski definition) is 4. The number of hydrogen-bond donors (Lipinski definition) is 1. The summed E-state index contributed by atoms with van der Waals surface area (Å²) in [4.78, 5) is 5.77. The molecule has 0 amide bonds. The highest BCUT2D eigenvalue weighted by molar-refractivity contribution is 7.89. The molecule has 5 nitrogen and oxygen atoms in total. The minimum atomic E-state index is -3.70. The zero-order chi connectivity index (χ0) is 11.5. The van der Waals surface area contributed by atoms with Crippen LogP contribution in [0.2, 0.25) is 0 Å². The molecule has 0 saturated carbocycles. The van der Waals surface area contributed by atoms with Crippen LogP contribution in [0.3, 0.4) is 0 Å². The molecule has 15 heavy (non-hydrogen) atoms. The van der Waals surface area contributed by atoms with Gasteiger partial charge in [-0.2, -0.15) is 0 Å². The highest BCUT2D eigenvalue weighted by Gasteiger charge is 2.16. The predicted octanol–water partition coefficient (Wildman–Crippen LogP) is 0.575. The molecule has 0 aromatic carbocycles. The molecule has 0 radical (unpaired) electrons. The third kappa shape index (κ3) is 2.66. The molecule has 84 valence electrons. The summed E-state index contributed by atoms with van der Waals surface area (Å²) in [5, 5.41) is 5.11. The molecule has 0 saturated heterocycles. The van der Waals surface area contributed by atoms with Crippen LogP contribution in [-0.2, 0) is 10.0 Å². The molecular weight excluding hydrogens is 214 g/mol. The van der Waals surface area contributed by atoms with Crippen LogP contribution >= 0.6 is 0 Å². The zero-order valence-electron chi connectivity index (χ0n) is 8.84. The van der Waals surface area contributed by atoms with E-state index in [2.05, 4.69) is 4.98 Å². The number of anilines is 1. The fourth-order valence-corrected chi connectivity index (χ4v) is 2.11. The van der Waals surface area contributed by atoms with Crippen molar-refractivity contribution in [2.75, 3.05) is 18.0 Å². The van der Waals surface area contributed by atoms with E-state index in [0.29, 0.717) is 5.69 Å². The van der Waals surface area contributed by atoms with Gasteiger partial charge in [0.05, 0.1) is 5.69 Å². The molecule has 1 heterocycles. The molecule has 0 unspecified atom stereocenters. The van der Waals surface area contributed by atoms with Crippen LogP contribution in [0.15, 0.2) is 23.4 Å². The van der Waals surface area contributed by atoms with E-state index < -0.39 is 10.0 Å². The van der Waals surface area contributed by atoms with Crippen molar-refractivity contribution in [2.24, 2.45) is 5.14 Å². The first-order valence-corrected chi connectivity index (χ1v) is 6.27. The third-order valence-electron chi connectivity index (χ3n) is 2.17. The molecule has 0 aliphatic carbocycles. The van der Waals surface area contributed by atoms with E-state index in [0.717, 1.165) is 13.1 Å². The van der Waals surface area contributed by atoms with Crippen molar-refractivity contribution in [1.82, 2.24) is 4.98 Å². The number of primary sulfonamides is 1. The first kappa shape index (κ1) is 11.9. The lowest BCUT2D eigenvalue weighted by atomic mass is 10.3. The van der Waals surface area contributed by atoms with Gasteiger partial charge in [0.15, 0.2) is 0 Å². The Morgan fingerprint density at radius 3 is 2.47 bits per heavy atom. The Labute approximate surface area is 90.0 Å². The van der Waals surface area contributed by atoms with Crippen LogP contribution in [0.4, 0.5) is 5.69 Å². The van der Waals surface area contributed by atoms with Crippen LogP contribution < -0.4 is 10.0 Å². The Morgan fingerprint density at radius 1 is 1.40 bits per heavy atom. The van der Waals surface area contributed by atoms with Crippen LogP contribution in [0.25, 0.3) is 0 Å². The quantitative estimate of drug-likeness (QED) is 0.819. The van der Waals surface area contributed by atoms with Gasteiger partial charge in [0.25, 0.3) is 0 Å². The average Bonchev–Trinajstić information content (AvgIpc) is 2.19. The smallest absolute Gasteiger partial charge is 0.241 e. The van der Waals surface area contributed by atoms with Crippen LogP contribution in [0.1, 0.15) is 13.8 Å². The second-order valence-corrected chi connectivity index (χ2v) is 4.59. The fraction of sp³-hybridized carbons (Fsp3) is 0.444. The van der Waals surface area contributed by atoms with E-state index in [1.54, 1.807) is 12.3 Å². The lowest BCUT2D eigenvalue weighted by Gasteiger charge is -2.22. The van der Waals surface area contributed by atoms with Gasteiger partial charge in [-0.15, -0.1) is 0 Å². The van der Waals surface area contributed by atoms with Crippen molar-refractivity contribution < 1.29 is 8.42 Å². The summed E-state index contributed by atoms with van der Waals surface area (Å²) in [5.41, 5.74) is 0.609. The molecule has 0 fully saturated rings. The number of pyridine rings is 1. The van der Waals surface area contributed by atoms with E-state index >= 15 is 0 Å².